The van der Waals surface area contributed by atoms with Crippen molar-refractivity contribution in [1.82, 2.24) is 0 Å². The Morgan fingerprint density at radius 3 is 1.35 bits per heavy atom. The lowest BCUT2D eigenvalue weighted by molar-refractivity contribution is -0.342. The van der Waals surface area contributed by atoms with E-state index in [1.807, 2.05) is 91.0 Å². The Hall–Kier alpha value is -4.74. The highest BCUT2D eigenvalue weighted by Gasteiger charge is 2.54. The highest BCUT2D eigenvalue weighted by molar-refractivity contribution is 5.68. The summed E-state index contributed by atoms with van der Waals surface area (Å²) >= 11 is 0. The summed E-state index contributed by atoms with van der Waals surface area (Å²) in [7, 11) is 1.49. The highest BCUT2D eigenvalue weighted by atomic mass is 16.8. The van der Waals surface area contributed by atoms with Crippen LogP contribution in [0, 0.1) is 0 Å². The van der Waals surface area contributed by atoms with E-state index in [0.717, 1.165) is 37.5 Å². The van der Waals surface area contributed by atoms with E-state index in [1.165, 1.54) is 14.0 Å². The van der Waals surface area contributed by atoms with Crippen LogP contribution in [-0.4, -0.2) is 106 Å². The van der Waals surface area contributed by atoms with Gasteiger partial charge in [-0.15, -0.1) is 0 Å². The number of rotatable bonds is 18. The first kappa shape index (κ1) is 43.4. The quantitative estimate of drug-likeness (QED) is 0.132. The largest absolute Gasteiger partial charge is 0.463 e. The Kier molecular flexibility index (Phi) is 16.5. The highest BCUT2D eigenvalue weighted by Crippen LogP contribution is 2.34. The van der Waals surface area contributed by atoms with Crippen LogP contribution in [0.5, 0.6) is 0 Å². The molecule has 15 heteroatoms. The van der Waals surface area contributed by atoms with Crippen molar-refractivity contribution >= 4 is 23.9 Å². The zero-order chi connectivity index (χ0) is 40.7. The molecule has 2 aliphatic heterocycles. The minimum atomic E-state index is -1.46. The molecule has 2 fully saturated rings. The molecule has 0 N–H and O–H groups in total. The molecule has 0 aliphatic carbocycles. The van der Waals surface area contributed by atoms with E-state index in [0.29, 0.717) is 0 Å². The smallest absolute Gasteiger partial charge is 0.303 e. The number of hydrogen-bond acceptors (Lipinski definition) is 15. The van der Waals surface area contributed by atoms with Gasteiger partial charge in [0.05, 0.1) is 26.4 Å². The molecule has 0 aromatic heterocycles. The molecule has 0 saturated carbocycles. The summed E-state index contributed by atoms with van der Waals surface area (Å²) in [6.45, 7) is 4.53. The van der Waals surface area contributed by atoms with Crippen molar-refractivity contribution in [3.05, 3.63) is 108 Å². The van der Waals surface area contributed by atoms with Gasteiger partial charge in [-0.3, -0.25) is 19.2 Å². The molecule has 57 heavy (non-hydrogen) atoms. The Bertz CT molecular complexity index is 1710. The molecule has 3 aromatic carbocycles. The molecule has 2 heterocycles. The maximum Gasteiger partial charge on any atom is 0.303 e. The van der Waals surface area contributed by atoms with Crippen molar-refractivity contribution in [3.63, 3.8) is 0 Å². The normalized spacial score (nSPS) is 27.2. The van der Waals surface area contributed by atoms with Gasteiger partial charge in [0.15, 0.2) is 30.9 Å². The van der Waals surface area contributed by atoms with Crippen molar-refractivity contribution in [2.75, 3.05) is 20.3 Å². The standard InChI is InChI=1S/C42H50O15/c1-26(43)48-24-34-36(53-27(2)44)38(54-28(3)45)40(55-29(4)46)42(57-34)52-25-33-35(49-21-30-15-9-6-10-16-30)37(50-22-31-17-11-7-12-18-31)39(41(47-5)56-33)51-23-32-19-13-8-14-20-32/h6-20,33-42H,21-25H2,1-5H3/t33-,34-,35-,36-,37+,38+,39-,40-,41+,42-/m1/s1. The molecule has 15 nitrogen and oxygen atoms in total. The van der Waals surface area contributed by atoms with Crippen LogP contribution in [0.1, 0.15) is 44.4 Å². The lowest BCUT2D eigenvalue weighted by Gasteiger charge is -2.47. The molecule has 0 bridgehead atoms. The first-order valence-electron chi connectivity index (χ1n) is 18.6. The van der Waals surface area contributed by atoms with Gasteiger partial charge in [0.2, 0.25) is 0 Å². The number of carbonyl (C=O) groups excluding carboxylic acids is 4. The molecular formula is C42H50O15. The van der Waals surface area contributed by atoms with Crippen LogP contribution in [0.25, 0.3) is 0 Å². The van der Waals surface area contributed by atoms with Gasteiger partial charge in [0.25, 0.3) is 0 Å². The number of esters is 4. The van der Waals surface area contributed by atoms with Crippen LogP contribution in [0.4, 0.5) is 0 Å². The number of methoxy groups -OCH3 is 1. The molecule has 308 valence electrons. The fourth-order valence-electron chi connectivity index (χ4n) is 6.58. The average molecular weight is 795 g/mol. The molecule has 5 rings (SSSR count). The third-order valence-electron chi connectivity index (χ3n) is 9.05. The molecular weight excluding hydrogens is 744 g/mol. The van der Waals surface area contributed by atoms with Gasteiger partial charge in [-0.2, -0.15) is 0 Å². The topological polar surface area (TPSA) is 170 Å². The minimum absolute atomic E-state index is 0.165. The molecule has 0 spiro atoms. The van der Waals surface area contributed by atoms with Gasteiger partial charge in [0.1, 0.15) is 37.1 Å². The first-order chi connectivity index (χ1) is 27.5. The summed E-state index contributed by atoms with van der Waals surface area (Å²) < 4.78 is 66.7. The van der Waals surface area contributed by atoms with Crippen molar-refractivity contribution in [1.29, 1.82) is 0 Å². The van der Waals surface area contributed by atoms with Gasteiger partial charge in [0, 0.05) is 34.8 Å². The average Bonchev–Trinajstić information content (AvgIpc) is 3.19. The van der Waals surface area contributed by atoms with Crippen LogP contribution in [0.2, 0.25) is 0 Å². The second-order valence-corrected chi connectivity index (χ2v) is 13.5. The summed E-state index contributed by atoms with van der Waals surface area (Å²) in [5, 5.41) is 0. The van der Waals surface area contributed by atoms with Crippen LogP contribution in [-0.2, 0) is 91.1 Å². The molecule has 2 saturated heterocycles. The first-order valence-corrected chi connectivity index (χ1v) is 18.6. The lowest BCUT2D eigenvalue weighted by atomic mass is 9.97. The predicted octanol–water partition coefficient (Wildman–Crippen LogP) is 4.21. The fraction of sp³-hybridized carbons (Fsp3) is 0.476. The predicted molar refractivity (Wildman–Crippen MR) is 199 cm³/mol. The second-order valence-electron chi connectivity index (χ2n) is 13.5. The van der Waals surface area contributed by atoms with E-state index in [1.54, 1.807) is 0 Å². The molecule has 0 radical (unpaired) electrons. The van der Waals surface area contributed by atoms with E-state index >= 15 is 0 Å². The van der Waals surface area contributed by atoms with Gasteiger partial charge < -0.3 is 52.1 Å². The van der Waals surface area contributed by atoms with E-state index in [4.69, 9.17) is 52.1 Å². The zero-order valence-electron chi connectivity index (χ0n) is 32.6. The van der Waals surface area contributed by atoms with Gasteiger partial charge in [-0.25, -0.2) is 0 Å². The van der Waals surface area contributed by atoms with E-state index < -0.39 is 91.9 Å². The second kappa shape index (κ2) is 21.7. The number of carbonyl (C=O) groups is 4. The summed E-state index contributed by atoms with van der Waals surface area (Å²) in [5.41, 5.74) is 2.71. The zero-order valence-corrected chi connectivity index (χ0v) is 32.6. The van der Waals surface area contributed by atoms with E-state index in [9.17, 15) is 19.2 Å². The molecule has 0 unspecified atom stereocenters. The summed E-state index contributed by atoms with van der Waals surface area (Å²) in [4.78, 5) is 48.9. The fourth-order valence-corrected chi connectivity index (χ4v) is 6.58. The molecule has 0 amide bonds. The molecule has 2 aliphatic rings. The summed E-state index contributed by atoms with van der Waals surface area (Å²) in [5.74, 6) is -2.93. The van der Waals surface area contributed by atoms with E-state index in [2.05, 4.69) is 0 Å². The maximum absolute atomic E-state index is 12.5. The monoisotopic (exact) mass is 794 g/mol. The van der Waals surface area contributed by atoms with Crippen molar-refractivity contribution < 1.29 is 71.3 Å². The number of benzene rings is 3. The van der Waals surface area contributed by atoms with Crippen molar-refractivity contribution in [2.45, 2.75) is 109 Å². The van der Waals surface area contributed by atoms with Crippen LogP contribution in [0.3, 0.4) is 0 Å². The summed E-state index contributed by atoms with van der Waals surface area (Å²) in [6.07, 6.45) is -11.2. The molecule has 3 aromatic rings. The SMILES string of the molecule is CO[C@H]1O[C@H](CO[C@@H]2O[C@H](COC(C)=O)[C@@H](OC(C)=O)[C@H](OC(C)=O)[C@H]2OC(C)=O)[C@@H](OCc2ccccc2)[C@H](OCc2ccccc2)[C@H]1OCc1ccccc1. The molecule has 10 atom stereocenters. The Balaban J connectivity index is 1.48. The number of hydrogen-bond donors (Lipinski definition) is 0. The van der Waals surface area contributed by atoms with Gasteiger partial charge in [-0.05, 0) is 16.7 Å². The number of ether oxygens (including phenoxy) is 11. The van der Waals surface area contributed by atoms with Crippen molar-refractivity contribution in [2.24, 2.45) is 0 Å². The van der Waals surface area contributed by atoms with E-state index in [-0.39, 0.29) is 26.4 Å². The van der Waals surface area contributed by atoms with Crippen LogP contribution >= 0.6 is 0 Å². The third-order valence-corrected chi connectivity index (χ3v) is 9.05. The van der Waals surface area contributed by atoms with Crippen LogP contribution in [0.15, 0.2) is 91.0 Å². The summed E-state index contributed by atoms with van der Waals surface area (Å²) in [6, 6.07) is 28.8. The van der Waals surface area contributed by atoms with Crippen LogP contribution < -0.4 is 0 Å². The van der Waals surface area contributed by atoms with Gasteiger partial charge in [-0.1, -0.05) is 91.0 Å². The maximum atomic E-state index is 12.5. The lowest BCUT2D eigenvalue weighted by Crippen LogP contribution is -2.64. The third kappa shape index (κ3) is 12.9. The Labute approximate surface area is 331 Å². The minimum Gasteiger partial charge on any atom is -0.463 e. The Morgan fingerprint density at radius 2 is 0.877 bits per heavy atom. The van der Waals surface area contributed by atoms with Crippen molar-refractivity contribution in [3.8, 4) is 0 Å². The Morgan fingerprint density at radius 1 is 0.456 bits per heavy atom. The van der Waals surface area contributed by atoms with Gasteiger partial charge >= 0.3 is 23.9 Å².